The summed E-state index contributed by atoms with van der Waals surface area (Å²) in [4.78, 5) is 0. The highest BCUT2D eigenvalue weighted by Gasteiger charge is 2.15. The van der Waals surface area contributed by atoms with E-state index in [4.69, 9.17) is 0 Å². The molecule has 4 heteroatoms. The Balaban J connectivity index is 2.15. The van der Waals surface area contributed by atoms with Gasteiger partial charge < -0.3 is 5.32 Å². The third-order valence-electron chi connectivity index (χ3n) is 3.30. The molecule has 20 heavy (non-hydrogen) atoms. The molecular formula is C16H16Br2FN. The Kier molecular flexibility index (Phi) is 5.35. The maximum absolute atomic E-state index is 13.1. The van der Waals surface area contributed by atoms with Crippen LogP contribution in [0.5, 0.6) is 0 Å². The molecule has 0 aliphatic heterocycles. The average molecular weight is 401 g/mol. The number of halogens is 3. The molecular weight excluding hydrogens is 385 g/mol. The topological polar surface area (TPSA) is 12.0 Å². The van der Waals surface area contributed by atoms with Crippen LogP contribution in [0, 0.1) is 5.82 Å². The lowest BCUT2D eigenvalue weighted by molar-refractivity contribution is 0.491. The van der Waals surface area contributed by atoms with Crippen LogP contribution in [0.3, 0.4) is 0 Å². The molecule has 2 rings (SSSR count). The second-order valence-corrected chi connectivity index (χ2v) is 6.51. The summed E-state index contributed by atoms with van der Waals surface area (Å²) in [5, 5.41) is 3.53. The Morgan fingerprint density at radius 1 is 0.900 bits per heavy atom. The number of benzene rings is 2. The van der Waals surface area contributed by atoms with Gasteiger partial charge in [-0.3, -0.25) is 0 Å². The van der Waals surface area contributed by atoms with Crippen molar-refractivity contribution in [1.29, 1.82) is 0 Å². The van der Waals surface area contributed by atoms with Gasteiger partial charge in [0.05, 0.1) is 0 Å². The van der Waals surface area contributed by atoms with E-state index in [0.717, 1.165) is 14.5 Å². The zero-order chi connectivity index (χ0) is 14.7. The molecule has 106 valence electrons. The van der Waals surface area contributed by atoms with Gasteiger partial charge in [0, 0.05) is 21.0 Å². The van der Waals surface area contributed by atoms with Crippen LogP contribution in [0.15, 0.2) is 51.4 Å². The smallest absolute Gasteiger partial charge is 0.124 e. The van der Waals surface area contributed by atoms with Gasteiger partial charge in [-0.05, 0) is 43.2 Å². The van der Waals surface area contributed by atoms with E-state index >= 15 is 0 Å². The van der Waals surface area contributed by atoms with Gasteiger partial charge in [-0.1, -0.05) is 56.1 Å². The van der Waals surface area contributed by atoms with E-state index in [-0.39, 0.29) is 17.9 Å². The zero-order valence-electron chi connectivity index (χ0n) is 11.3. The quantitative estimate of drug-likeness (QED) is 0.687. The molecule has 0 spiro atoms. The van der Waals surface area contributed by atoms with Crippen LogP contribution in [0.2, 0.25) is 0 Å². The Morgan fingerprint density at radius 2 is 1.50 bits per heavy atom. The molecule has 2 atom stereocenters. The average Bonchev–Trinajstić information content (AvgIpc) is 2.38. The van der Waals surface area contributed by atoms with Crippen molar-refractivity contribution >= 4 is 31.9 Å². The second-order valence-electron chi connectivity index (χ2n) is 4.80. The molecule has 0 aliphatic rings. The van der Waals surface area contributed by atoms with Gasteiger partial charge in [-0.25, -0.2) is 4.39 Å². The molecule has 0 radical (unpaired) electrons. The number of hydrogen-bond donors (Lipinski definition) is 1. The third-order valence-corrected chi connectivity index (χ3v) is 4.71. The Bertz CT molecular complexity index is 601. The Morgan fingerprint density at radius 3 is 2.10 bits per heavy atom. The van der Waals surface area contributed by atoms with E-state index in [1.807, 2.05) is 24.3 Å². The normalized spacial score (nSPS) is 14.1. The van der Waals surface area contributed by atoms with E-state index in [1.165, 1.54) is 17.7 Å². The molecule has 0 aromatic heterocycles. The third kappa shape index (κ3) is 3.68. The fraction of sp³-hybridized carbons (Fsp3) is 0.250. The molecule has 0 saturated heterocycles. The lowest BCUT2D eigenvalue weighted by atomic mass is 10.0. The van der Waals surface area contributed by atoms with Crippen molar-refractivity contribution in [3.05, 3.63) is 68.4 Å². The molecule has 0 heterocycles. The summed E-state index contributed by atoms with van der Waals surface area (Å²) in [6.07, 6.45) is 0. The molecule has 1 N–H and O–H groups in total. The van der Waals surface area contributed by atoms with Gasteiger partial charge in [0.15, 0.2) is 0 Å². The summed E-state index contributed by atoms with van der Waals surface area (Å²) >= 11 is 6.99. The van der Waals surface area contributed by atoms with E-state index < -0.39 is 0 Å². The minimum Gasteiger partial charge on any atom is -0.304 e. The van der Waals surface area contributed by atoms with Crippen LogP contribution in [-0.4, -0.2) is 0 Å². The minimum atomic E-state index is -0.230. The molecule has 0 bridgehead atoms. The van der Waals surface area contributed by atoms with E-state index in [9.17, 15) is 4.39 Å². The highest BCUT2D eigenvalue weighted by atomic mass is 79.9. The lowest BCUT2D eigenvalue weighted by Crippen LogP contribution is -2.23. The van der Waals surface area contributed by atoms with E-state index in [1.54, 1.807) is 0 Å². The lowest BCUT2D eigenvalue weighted by Gasteiger charge is -2.22. The van der Waals surface area contributed by atoms with Crippen LogP contribution in [-0.2, 0) is 0 Å². The summed E-state index contributed by atoms with van der Waals surface area (Å²) in [6, 6.07) is 13.3. The number of rotatable bonds is 4. The monoisotopic (exact) mass is 399 g/mol. The summed E-state index contributed by atoms with van der Waals surface area (Å²) in [5.41, 5.74) is 2.25. The molecule has 2 aromatic carbocycles. The molecule has 1 nitrogen and oxygen atoms in total. The van der Waals surface area contributed by atoms with Crippen molar-refractivity contribution in [3.63, 3.8) is 0 Å². The SMILES string of the molecule is CC(NC(C)c1ccc(F)cc1Br)c1ccccc1Br. The maximum Gasteiger partial charge on any atom is 0.124 e. The summed E-state index contributed by atoms with van der Waals surface area (Å²) in [5.74, 6) is -0.230. The molecule has 2 unspecified atom stereocenters. The highest BCUT2D eigenvalue weighted by molar-refractivity contribution is 9.10. The summed E-state index contributed by atoms with van der Waals surface area (Å²) in [6.45, 7) is 4.19. The van der Waals surface area contributed by atoms with E-state index in [0.29, 0.717) is 0 Å². The number of nitrogens with one attached hydrogen (secondary N) is 1. The molecule has 2 aromatic rings. The molecule has 0 fully saturated rings. The van der Waals surface area contributed by atoms with Crippen LogP contribution < -0.4 is 5.32 Å². The first-order chi connectivity index (χ1) is 9.49. The van der Waals surface area contributed by atoms with Gasteiger partial charge in [-0.15, -0.1) is 0 Å². The fourth-order valence-corrected chi connectivity index (χ4v) is 3.56. The van der Waals surface area contributed by atoms with Crippen LogP contribution in [0.25, 0.3) is 0 Å². The largest absolute Gasteiger partial charge is 0.304 e. The zero-order valence-corrected chi connectivity index (χ0v) is 14.5. The maximum atomic E-state index is 13.1. The molecule has 0 aliphatic carbocycles. The van der Waals surface area contributed by atoms with Gasteiger partial charge >= 0.3 is 0 Å². The standard InChI is InChI=1S/C16H16Br2FN/c1-10(13-5-3-4-6-15(13)17)20-11(2)14-8-7-12(19)9-16(14)18/h3-11,20H,1-2H3. The van der Waals surface area contributed by atoms with Crippen LogP contribution >= 0.6 is 31.9 Å². The summed E-state index contributed by atoms with van der Waals surface area (Å²) in [7, 11) is 0. The van der Waals surface area contributed by atoms with Crippen molar-refractivity contribution in [1.82, 2.24) is 5.32 Å². The fourth-order valence-electron chi connectivity index (χ4n) is 2.23. The predicted molar refractivity (Wildman–Crippen MR) is 88.2 cm³/mol. The van der Waals surface area contributed by atoms with Crippen molar-refractivity contribution in [2.75, 3.05) is 0 Å². The first-order valence-electron chi connectivity index (χ1n) is 6.44. The van der Waals surface area contributed by atoms with E-state index in [2.05, 4.69) is 57.1 Å². The van der Waals surface area contributed by atoms with Crippen LogP contribution in [0.1, 0.15) is 37.1 Å². The molecule has 0 saturated carbocycles. The highest BCUT2D eigenvalue weighted by Crippen LogP contribution is 2.28. The van der Waals surface area contributed by atoms with Crippen LogP contribution in [0.4, 0.5) is 4.39 Å². The van der Waals surface area contributed by atoms with Gasteiger partial charge in [0.1, 0.15) is 5.82 Å². The summed E-state index contributed by atoms with van der Waals surface area (Å²) < 4.78 is 15.0. The van der Waals surface area contributed by atoms with Gasteiger partial charge in [-0.2, -0.15) is 0 Å². The minimum absolute atomic E-state index is 0.118. The first kappa shape index (κ1) is 15.7. The second kappa shape index (κ2) is 6.83. The van der Waals surface area contributed by atoms with Crippen molar-refractivity contribution in [2.45, 2.75) is 25.9 Å². The van der Waals surface area contributed by atoms with Crippen molar-refractivity contribution < 1.29 is 4.39 Å². The predicted octanol–water partition coefficient (Wildman–Crippen LogP) is 5.76. The van der Waals surface area contributed by atoms with Crippen molar-refractivity contribution in [3.8, 4) is 0 Å². The molecule has 0 amide bonds. The van der Waals surface area contributed by atoms with Crippen molar-refractivity contribution in [2.24, 2.45) is 0 Å². The Hall–Kier alpha value is -0.710. The number of hydrogen-bond acceptors (Lipinski definition) is 1. The first-order valence-corrected chi connectivity index (χ1v) is 8.03. The Labute approximate surface area is 135 Å². The van der Waals surface area contributed by atoms with Gasteiger partial charge in [0.2, 0.25) is 0 Å². The van der Waals surface area contributed by atoms with Gasteiger partial charge in [0.25, 0.3) is 0 Å².